The Labute approximate surface area is 146 Å². The summed E-state index contributed by atoms with van der Waals surface area (Å²) in [5, 5.41) is 13.3. The highest BCUT2D eigenvalue weighted by atomic mass is 35.5. The maximum atomic E-state index is 9.30. The van der Waals surface area contributed by atoms with Gasteiger partial charge in [-0.2, -0.15) is 5.26 Å². The Kier molecular flexibility index (Phi) is 4.13. The van der Waals surface area contributed by atoms with Gasteiger partial charge in [0.1, 0.15) is 17.0 Å². The Morgan fingerprint density at radius 3 is 2.67 bits per heavy atom. The van der Waals surface area contributed by atoms with Crippen LogP contribution < -0.4 is 10.1 Å². The number of ether oxygens (including phenoxy) is 1. The molecule has 0 aliphatic carbocycles. The second-order valence-electron chi connectivity index (χ2n) is 6.52. The number of nitrogens with one attached hydrogen (secondary N) is 1. The molecule has 2 bridgehead atoms. The standard InChI is InChI=1S/C19H18ClN3O/c20-19-10-16(24-15-7-13-5-6-14(8-15)22-13)9-18(23-19)17-4-2-1-3-12(17)11-21/h1-4,9-10,13-15,22H,5-8H2. The first-order valence-corrected chi connectivity index (χ1v) is 8.69. The smallest absolute Gasteiger partial charge is 0.133 e. The second-order valence-corrected chi connectivity index (χ2v) is 6.90. The quantitative estimate of drug-likeness (QED) is 0.861. The zero-order valence-corrected chi connectivity index (χ0v) is 14.0. The van der Waals surface area contributed by atoms with Gasteiger partial charge in [-0.15, -0.1) is 0 Å². The van der Waals surface area contributed by atoms with E-state index >= 15 is 0 Å². The van der Waals surface area contributed by atoms with Crippen molar-refractivity contribution in [2.45, 2.75) is 43.9 Å². The molecule has 2 saturated heterocycles. The van der Waals surface area contributed by atoms with Crippen LogP contribution in [0.1, 0.15) is 31.2 Å². The van der Waals surface area contributed by atoms with Crippen LogP contribution in [0, 0.1) is 11.3 Å². The zero-order valence-electron chi connectivity index (χ0n) is 13.2. The average Bonchev–Trinajstić information content (AvgIpc) is 2.93. The molecule has 4 rings (SSSR count). The van der Waals surface area contributed by atoms with Crippen molar-refractivity contribution in [1.82, 2.24) is 10.3 Å². The Bertz CT molecular complexity index is 789. The topological polar surface area (TPSA) is 57.9 Å². The number of hydrogen-bond donors (Lipinski definition) is 1. The lowest BCUT2D eigenvalue weighted by Gasteiger charge is -2.29. The Hall–Kier alpha value is -2.09. The lowest BCUT2D eigenvalue weighted by Crippen LogP contribution is -2.42. The molecule has 1 N–H and O–H groups in total. The summed E-state index contributed by atoms with van der Waals surface area (Å²) in [4.78, 5) is 4.37. The van der Waals surface area contributed by atoms with Crippen molar-refractivity contribution in [2.75, 3.05) is 0 Å². The van der Waals surface area contributed by atoms with Crippen LogP contribution >= 0.6 is 11.6 Å². The summed E-state index contributed by atoms with van der Waals surface area (Å²) < 4.78 is 6.21. The van der Waals surface area contributed by atoms with Gasteiger partial charge in [0.2, 0.25) is 0 Å². The third kappa shape index (κ3) is 3.10. The van der Waals surface area contributed by atoms with Crippen molar-refractivity contribution in [2.24, 2.45) is 0 Å². The highest BCUT2D eigenvalue weighted by Gasteiger charge is 2.34. The van der Waals surface area contributed by atoms with E-state index in [-0.39, 0.29) is 6.10 Å². The molecule has 1 aromatic heterocycles. The number of hydrogen-bond acceptors (Lipinski definition) is 4. The summed E-state index contributed by atoms with van der Waals surface area (Å²) in [6, 6.07) is 14.4. The van der Waals surface area contributed by atoms with Crippen LogP contribution in [0.5, 0.6) is 5.75 Å². The summed E-state index contributed by atoms with van der Waals surface area (Å²) in [6.07, 6.45) is 4.74. The number of halogens is 1. The molecule has 0 amide bonds. The molecule has 0 radical (unpaired) electrons. The van der Waals surface area contributed by atoms with E-state index in [1.165, 1.54) is 12.8 Å². The van der Waals surface area contributed by atoms with Crippen molar-refractivity contribution >= 4 is 11.6 Å². The first kappa shape index (κ1) is 15.4. The average molecular weight is 340 g/mol. The van der Waals surface area contributed by atoms with Gasteiger partial charge >= 0.3 is 0 Å². The number of rotatable bonds is 3. The number of nitrogens with zero attached hydrogens (tertiary/aromatic N) is 2. The van der Waals surface area contributed by atoms with E-state index in [9.17, 15) is 5.26 Å². The zero-order chi connectivity index (χ0) is 16.5. The number of aromatic nitrogens is 1. The molecule has 2 unspecified atom stereocenters. The predicted octanol–water partition coefficient (Wildman–Crippen LogP) is 3.94. The van der Waals surface area contributed by atoms with Gasteiger partial charge in [0, 0.05) is 29.8 Å². The minimum Gasteiger partial charge on any atom is -0.490 e. The number of benzene rings is 1. The van der Waals surface area contributed by atoms with Gasteiger partial charge < -0.3 is 10.1 Å². The summed E-state index contributed by atoms with van der Waals surface area (Å²) >= 11 is 6.20. The first-order valence-electron chi connectivity index (χ1n) is 8.31. The van der Waals surface area contributed by atoms with Gasteiger partial charge in [0.15, 0.2) is 0 Å². The minimum absolute atomic E-state index is 0.210. The maximum absolute atomic E-state index is 9.30. The summed E-state index contributed by atoms with van der Waals surface area (Å²) in [7, 11) is 0. The summed E-state index contributed by atoms with van der Waals surface area (Å²) in [5.74, 6) is 0.726. The van der Waals surface area contributed by atoms with Gasteiger partial charge in [0.25, 0.3) is 0 Å². The molecule has 122 valence electrons. The van der Waals surface area contributed by atoms with Crippen molar-refractivity contribution < 1.29 is 4.74 Å². The molecule has 4 nitrogen and oxygen atoms in total. The molecule has 0 spiro atoms. The fraction of sp³-hybridized carbons (Fsp3) is 0.368. The number of pyridine rings is 1. The highest BCUT2D eigenvalue weighted by molar-refractivity contribution is 6.29. The molecule has 2 atom stereocenters. The molecule has 2 aliphatic rings. The summed E-state index contributed by atoms with van der Waals surface area (Å²) in [6.45, 7) is 0. The van der Waals surface area contributed by atoms with Crippen LogP contribution in [0.4, 0.5) is 0 Å². The van der Waals surface area contributed by atoms with Crippen LogP contribution in [0.15, 0.2) is 36.4 Å². The monoisotopic (exact) mass is 339 g/mol. The molecule has 2 aliphatic heterocycles. The van der Waals surface area contributed by atoms with Gasteiger partial charge in [-0.1, -0.05) is 29.8 Å². The molecule has 2 fully saturated rings. The second kappa shape index (κ2) is 6.43. The number of nitriles is 1. The molecular weight excluding hydrogens is 322 g/mol. The van der Waals surface area contributed by atoms with Crippen LogP contribution in [0.2, 0.25) is 5.15 Å². The third-order valence-corrected chi connectivity index (χ3v) is 5.02. The van der Waals surface area contributed by atoms with E-state index in [0.29, 0.717) is 28.5 Å². The SMILES string of the molecule is N#Cc1ccccc1-c1cc(OC2CC3CCC(C2)N3)cc(Cl)n1. The minimum atomic E-state index is 0.210. The van der Waals surface area contributed by atoms with Crippen molar-refractivity contribution in [3.05, 3.63) is 47.1 Å². The van der Waals surface area contributed by atoms with Gasteiger partial charge in [-0.3, -0.25) is 0 Å². The van der Waals surface area contributed by atoms with Crippen LogP contribution in [-0.4, -0.2) is 23.2 Å². The van der Waals surface area contributed by atoms with Crippen molar-refractivity contribution in [3.63, 3.8) is 0 Å². The van der Waals surface area contributed by atoms with E-state index < -0.39 is 0 Å². The molecule has 24 heavy (non-hydrogen) atoms. The van der Waals surface area contributed by atoms with E-state index in [1.807, 2.05) is 24.3 Å². The normalized spacial score (nSPS) is 25.2. The molecule has 3 heterocycles. The largest absolute Gasteiger partial charge is 0.490 e. The molecule has 0 saturated carbocycles. The Morgan fingerprint density at radius 2 is 1.92 bits per heavy atom. The van der Waals surface area contributed by atoms with Gasteiger partial charge in [-0.05, 0) is 31.7 Å². The Morgan fingerprint density at radius 1 is 1.17 bits per heavy atom. The van der Waals surface area contributed by atoms with Gasteiger partial charge in [-0.25, -0.2) is 4.98 Å². The molecule has 5 heteroatoms. The third-order valence-electron chi connectivity index (χ3n) is 4.82. The van der Waals surface area contributed by atoms with E-state index in [1.54, 1.807) is 12.1 Å². The predicted molar refractivity (Wildman–Crippen MR) is 93.0 cm³/mol. The fourth-order valence-corrected chi connectivity index (χ4v) is 3.98. The van der Waals surface area contributed by atoms with Crippen LogP contribution in [0.3, 0.4) is 0 Å². The molecule has 2 aromatic rings. The fourth-order valence-electron chi connectivity index (χ4n) is 3.78. The lowest BCUT2D eigenvalue weighted by molar-refractivity contribution is 0.137. The number of piperidine rings is 1. The van der Waals surface area contributed by atoms with E-state index in [4.69, 9.17) is 16.3 Å². The van der Waals surface area contributed by atoms with E-state index in [2.05, 4.69) is 16.4 Å². The molecule has 1 aromatic carbocycles. The van der Waals surface area contributed by atoms with Crippen molar-refractivity contribution in [1.29, 1.82) is 5.26 Å². The summed E-state index contributed by atoms with van der Waals surface area (Å²) in [5.41, 5.74) is 2.03. The molecular formula is C19H18ClN3O. The first-order chi connectivity index (χ1) is 11.7. The van der Waals surface area contributed by atoms with E-state index in [0.717, 1.165) is 24.2 Å². The van der Waals surface area contributed by atoms with Gasteiger partial charge in [0.05, 0.1) is 17.3 Å². The van der Waals surface area contributed by atoms with Crippen molar-refractivity contribution in [3.8, 4) is 23.1 Å². The maximum Gasteiger partial charge on any atom is 0.133 e. The number of fused-ring (bicyclic) bond motifs is 2. The highest BCUT2D eigenvalue weighted by Crippen LogP contribution is 2.32. The Balaban J connectivity index is 1.61. The van der Waals surface area contributed by atoms with Crippen LogP contribution in [-0.2, 0) is 0 Å². The van der Waals surface area contributed by atoms with Crippen LogP contribution in [0.25, 0.3) is 11.3 Å². The lowest BCUT2D eigenvalue weighted by atomic mass is 10.0.